The lowest BCUT2D eigenvalue weighted by Crippen LogP contribution is -2.25. The number of hydrogen-bond donors (Lipinski definition) is 1. The molecule has 0 spiro atoms. The number of nitrogens with two attached hydrogens (primary N) is 1. The molecular weight excluding hydrogens is 294 g/mol. The first-order valence-electron chi connectivity index (χ1n) is 6.11. The first-order valence-corrected chi connectivity index (χ1v) is 7.09. The Morgan fingerprint density at radius 3 is 2.53 bits per heavy atom. The third-order valence-corrected chi connectivity index (χ3v) is 4.64. The quantitative estimate of drug-likeness (QED) is 0.868. The van der Waals surface area contributed by atoms with E-state index in [1.54, 1.807) is 11.8 Å². The van der Waals surface area contributed by atoms with E-state index in [4.69, 9.17) is 5.73 Å². The van der Waals surface area contributed by atoms with Crippen LogP contribution in [0.15, 0.2) is 5.16 Å². The number of nitrogens with zero attached hydrogens (tertiary/aromatic N) is 3. The number of halogens is 3. The lowest BCUT2D eigenvalue weighted by atomic mass is 9.88. The second kappa shape index (κ2) is 6.85. The van der Waals surface area contributed by atoms with E-state index in [0.29, 0.717) is 25.3 Å². The lowest BCUT2D eigenvalue weighted by Gasteiger charge is -2.27. The molecule has 110 valence electrons. The van der Waals surface area contributed by atoms with Crippen molar-refractivity contribution in [3.8, 4) is 0 Å². The van der Waals surface area contributed by atoms with Crippen molar-refractivity contribution in [2.45, 2.75) is 43.3 Å². The first-order chi connectivity index (χ1) is 8.52. The summed E-state index contributed by atoms with van der Waals surface area (Å²) in [5.74, 6) is -0.522. The molecule has 1 aliphatic rings. The highest BCUT2D eigenvalue weighted by Crippen LogP contribution is 2.38. The van der Waals surface area contributed by atoms with Gasteiger partial charge in [0.2, 0.25) is 5.92 Å². The van der Waals surface area contributed by atoms with Gasteiger partial charge in [0.15, 0.2) is 5.16 Å². The number of rotatable bonds is 4. The Labute approximate surface area is 121 Å². The lowest BCUT2D eigenvalue weighted by molar-refractivity contribution is -0.0433. The minimum Gasteiger partial charge on any atom is -0.324 e. The molecule has 1 aromatic rings. The highest BCUT2D eigenvalue weighted by atomic mass is 35.5. The van der Waals surface area contributed by atoms with Gasteiger partial charge in [0.05, 0.1) is 6.54 Å². The van der Waals surface area contributed by atoms with E-state index in [0.717, 1.165) is 16.7 Å². The maximum absolute atomic E-state index is 13.0. The maximum Gasteiger partial charge on any atom is 0.248 e. The van der Waals surface area contributed by atoms with Crippen LogP contribution in [-0.2, 0) is 13.6 Å². The van der Waals surface area contributed by atoms with Gasteiger partial charge < -0.3 is 10.3 Å². The first kappa shape index (κ1) is 16.7. The molecule has 0 aromatic carbocycles. The van der Waals surface area contributed by atoms with Gasteiger partial charge >= 0.3 is 0 Å². The summed E-state index contributed by atoms with van der Waals surface area (Å²) in [6.45, 7) is 0.361. The zero-order valence-electron chi connectivity index (χ0n) is 10.8. The molecule has 0 saturated heterocycles. The normalized spacial score (nSPS) is 19.2. The van der Waals surface area contributed by atoms with Crippen molar-refractivity contribution in [2.75, 3.05) is 5.75 Å². The van der Waals surface area contributed by atoms with Gasteiger partial charge in [-0.1, -0.05) is 11.8 Å². The average molecular weight is 313 g/mol. The van der Waals surface area contributed by atoms with E-state index < -0.39 is 5.92 Å². The minimum atomic E-state index is -2.45. The van der Waals surface area contributed by atoms with Crippen LogP contribution in [0, 0.1) is 5.92 Å². The van der Waals surface area contributed by atoms with Gasteiger partial charge in [-0.05, 0) is 18.8 Å². The van der Waals surface area contributed by atoms with Crippen molar-refractivity contribution < 1.29 is 8.78 Å². The SMILES string of the molecule is Cl.Cn1c(CN)nnc1SCC1CCC(F)(F)CC1. The van der Waals surface area contributed by atoms with Crippen LogP contribution < -0.4 is 5.73 Å². The van der Waals surface area contributed by atoms with Crippen molar-refractivity contribution in [2.24, 2.45) is 18.7 Å². The molecule has 19 heavy (non-hydrogen) atoms. The zero-order valence-corrected chi connectivity index (χ0v) is 12.4. The fraction of sp³-hybridized carbons (Fsp3) is 0.818. The number of alkyl halides is 2. The van der Waals surface area contributed by atoms with E-state index in [-0.39, 0.29) is 25.2 Å². The van der Waals surface area contributed by atoms with Crippen LogP contribution in [0.4, 0.5) is 8.78 Å². The molecule has 0 atom stereocenters. The van der Waals surface area contributed by atoms with E-state index in [9.17, 15) is 8.78 Å². The Morgan fingerprint density at radius 2 is 2.00 bits per heavy atom. The second-order valence-electron chi connectivity index (χ2n) is 4.77. The molecule has 2 rings (SSSR count). The predicted molar refractivity (Wildman–Crippen MR) is 73.8 cm³/mol. The molecule has 0 radical (unpaired) electrons. The monoisotopic (exact) mass is 312 g/mol. The maximum atomic E-state index is 13.0. The summed E-state index contributed by atoms with van der Waals surface area (Å²) in [4.78, 5) is 0. The third kappa shape index (κ3) is 4.29. The molecule has 1 fully saturated rings. The molecule has 4 nitrogen and oxygen atoms in total. The van der Waals surface area contributed by atoms with Gasteiger partial charge in [0.1, 0.15) is 5.82 Å². The largest absolute Gasteiger partial charge is 0.324 e. The molecule has 1 aromatic heterocycles. The highest BCUT2D eigenvalue weighted by molar-refractivity contribution is 7.99. The molecule has 0 unspecified atom stereocenters. The molecule has 8 heteroatoms. The fourth-order valence-corrected chi connectivity index (χ4v) is 3.22. The summed E-state index contributed by atoms with van der Waals surface area (Å²) in [5, 5.41) is 8.83. The van der Waals surface area contributed by atoms with Crippen LogP contribution in [0.5, 0.6) is 0 Å². The molecule has 0 aliphatic heterocycles. The molecule has 0 bridgehead atoms. The van der Waals surface area contributed by atoms with Crippen LogP contribution in [0.3, 0.4) is 0 Å². The van der Waals surface area contributed by atoms with Gasteiger partial charge in [0, 0.05) is 25.6 Å². The van der Waals surface area contributed by atoms with Gasteiger partial charge in [-0.2, -0.15) is 0 Å². The van der Waals surface area contributed by atoms with Gasteiger partial charge in [-0.3, -0.25) is 0 Å². The van der Waals surface area contributed by atoms with Crippen LogP contribution in [0.25, 0.3) is 0 Å². The van der Waals surface area contributed by atoms with Crippen LogP contribution in [-0.4, -0.2) is 26.4 Å². The topological polar surface area (TPSA) is 56.7 Å². The Hall–Kier alpha value is -0.400. The van der Waals surface area contributed by atoms with Crippen molar-refractivity contribution in [1.29, 1.82) is 0 Å². The Kier molecular flexibility index (Phi) is 6.01. The summed E-state index contributed by atoms with van der Waals surface area (Å²) in [7, 11) is 1.87. The summed E-state index contributed by atoms with van der Waals surface area (Å²) in [6.07, 6.45) is 1.24. The molecule has 2 N–H and O–H groups in total. The van der Waals surface area contributed by atoms with Crippen molar-refractivity contribution >= 4 is 24.2 Å². The predicted octanol–water partition coefficient (Wildman–Crippen LogP) is 2.61. The standard InChI is InChI=1S/C11H18F2N4S.ClH/c1-17-9(6-14)15-16-10(17)18-7-8-2-4-11(12,13)5-3-8;/h8H,2-7,14H2,1H3;1H. The van der Waals surface area contributed by atoms with E-state index in [2.05, 4.69) is 10.2 Å². The fourth-order valence-electron chi connectivity index (χ4n) is 2.11. The number of hydrogen-bond acceptors (Lipinski definition) is 4. The summed E-state index contributed by atoms with van der Waals surface area (Å²) < 4.78 is 27.9. The third-order valence-electron chi connectivity index (χ3n) is 3.39. The smallest absolute Gasteiger partial charge is 0.248 e. The number of thioether (sulfide) groups is 1. The van der Waals surface area contributed by atoms with Crippen molar-refractivity contribution in [3.63, 3.8) is 0 Å². The number of aromatic nitrogens is 3. The molecule has 1 heterocycles. The average Bonchev–Trinajstić information content (AvgIpc) is 2.69. The molecular formula is C11H19ClF2N4S. The summed E-state index contributed by atoms with van der Waals surface area (Å²) in [6, 6.07) is 0. The van der Waals surface area contributed by atoms with Crippen LogP contribution >= 0.6 is 24.2 Å². The van der Waals surface area contributed by atoms with E-state index in [1.807, 2.05) is 11.6 Å². The molecule has 1 aliphatic carbocycles. The van der Waals surface area contributed by atoms with Crippen LogP contribution in [0.2, 0.25) is 0 Å². The molecule has 1 saturated carbocycles. The Morgan fingerprint density at radius 1 is 1.37 bits per heavy atom. The minimum absolute atomic E-state index is 0. The van der Waals surface area contributed by atoms with Crippen LogP contribution in [0.1, 0.15) is 31.5 Å². The summed E-state index contributed by atoms with van der Waals surface area (Å²) in [5.41, 5.74) is 5.52. The van der Waals surface area contributed by atoms with E-state index >= 15 is 0 Å². The van der Waals surface area contributed by atoms with Gasteiger partial charge in [-0.25, -0.2) is 8.78 Å². The van der Waals surface area contributed by atoms with Crippen molar-refractivity contribution in [1.82, 2.24) is 14.8 Å². The van der Waals surface area contributed by atoms with E-state index in [1.165, 1.54) is 0 Å². The summed E-state index contributed by atoms with van der Waals surface area (Å²) >= 11 is 1.58. The molecule has 0 amide bonds. The Bertz CT molecular complexity index is 403. The van der Waals surface area contributed by atoms with Crippen molar-refractivity contribution in [3.05, 3.63) is 5.82 Å². The van der Waals surface area contributed by atoms with Gasteiger partial charge in [-0.15, -0.1) is 22.6 Å². The second-order valence-corrected chi connectivity index (χ2v) is 5.76. The zero-order chi connectivity index (χ0) is 13.2. The Balaban J connectivity index is 0.00000180. The highest BCUT2D eigenvalue weighted by Gasteiger charge is 2.34. The van der Waals surface area contributed by atoms with Gasteiger partial charge in [0.25, 0.3) is 0 Å².